The number of hydrogen-bond donors (Lipinski definition) is 4. The van der Waals surface area contributed by atoms with Crippen molar-refractivity contribution in [2.24, 2.45) is 34.8 Å². The van der Waals surface area contributed by atoms with Crippen LogP contribution in [0.1, 0.15) is 63.1 Å². The lowest BCUT2D eigenvalue weighted by atomic mass is 9.80. The van der Waals surface area contributed by atoms with Gasteiger partial charge in [-0.3, -0.25) is 19.2 Å². The van der Waals surface area contributed by atoms with Crippen LogP contribution >= 0.6 is 23.2 Å². The lowest BCUT2D eigenvalue weighted by Gasteiger charge is -2.36. The summed E-state index contributed by atoms with van der Waals surface area (Å²) in [4.78, 5) is 82.1. The van der Waals surface area contributed by atoms with Gasteiger partial charge in [-0.05, 0) is 53.2 Å². The minimum Gasteiger partial charge on any atom is -0.459 e. The van der Waals surface area contributed by atoms with E-state index in [9.17, 15) is 28.8 Å². The van der Waals surface area contributed by atoms with Crippen molar-refractivity contribution < 1.29 is 33.5 Å². The summed E-state index contributed by atoms with van der Waals surface area (Å²) < 4.78 is 4.31. The molecule has 0 radical (unpaired) electrons. The maximum absolute atomic E-state index is 14.7. The number of primary amides is 1. The molecule has 1 saturated heterocycles. The number of piperidine rings is 1. The molecule has 284 valence electrons. The summed E-state index contributed by atoms with van der Waals surface area (Å²) in [5.74, 6) is -5.18. The Morgan fingerprint density at radius 3 is 2.11 bits per heavy atom. The predicted octanol–water partition coefficient (Wildman–Crippen LogP) is 3.59. The molecule has 53 heavy (non-hydrogen) atoms. The first-order valence-electron chi connectivity index (χ1n) is 18.2. The third-order valence-corrected chi connectivity index (χ3v) is 12.3. The van der Waals surface area contributed by atoms with Crippen LogP contribution in [-0.2, 0) is 48.2 Å². The van der Waals surface area contributed by atoms with Crippen molar-refractivity contribution in [2.75, 3.05) is 6.54 Å². The molecule has 3 fully saturated rings. The van der Waals surface area contributed by atoms with Gasteiger partial charge in [0.15, 0.2) is 0 Å². The molecule has 2 saturated carbocycles. The number of likely N-dealkylation sites (tertiary alicyclic amines) is 1. The predicted molar refractivity (Wildman–Crippen MR) is 197 cm³/mol. The van der Waals surface area contributed by atoms with E-state index in [4.69, 9.17) is 33.7 Å². The van der Waals surface area contributed by atoms with Crippen LogP contribution in [0.3, 0.4) is 0 Å². The van der Waals surface area contributed by atoms with Crippen LogP contribution in [0.15, 0.2) is 54.6 Å². The number of benzene rings is 2. The van der Waals surface area contributed by atoms with E-state index in [-0.39, 0.29) is 31.4 Å². The molecule has 0 bridgehead atoms. The van der Waals surface area contributed by atoms with Gasteiger partial charge in [0.1, 0.15) is 29.1 Å². The summed E-state index contributed by atoms with van der Waals surface area (Å²) in [7, 11) is 0. The largest absolute Gasteiger partial charge is 0.459 e. The van der Waals surface area contributed by atoms with Gasteiger partial charge >= 0.3 is 12.0 Å². The fourth-order valence-corrected chi connectivity index (χ4v) is 8.83. The van der Waals surface area contributed by atoms with Crippen molar-refractivity contribution in [3.05, 3.63) is 71.3 Å². The number of urea groups is 1. The van der Waals surface area contributed by atoms with Crippen LogP contribution in [0, 0.1) is 29.1 Å². The van der Waals surface area contributed by atoms with Gasteiger partial charge in [-0.25, -0.2) is 9.59 Å². The highest BCUT2D eigenvalue weighted by atomic mass is 35.5. The van der Waals surface area contributed by atoms with E-state index in [2.05, 4.69) is 16.0 Å². The quantitative estimate of drug-likeness (QED) is 0.137. The van der Waals surface area contributed by atoms with Gasteiger partial charge in [-0.2, -0.15) is 0 Å². The molecule has 3 aliphatic carbocycles. The smallest absolute Gasteiger partial charge is 0.329 e. The minimum absolute atomic E-state index is 0.0208. The molecule has 5 N–H and O–H groups in total. The Labute approximate surface area is 319 Å². The molecule has 14 heteroatoms. The summed E-state index contributed by atoms with van der Waals surface area (Å²) in [6.45, 7) is 5.45. The van der Waals surface area contributed by atoms with Gasteiger partial charge in [-0.15, -0.1) is 23.2 Å². The van der Waals surface area contributed by atoms with E-state index in [1.54, 1.807) is 20.8 Å². The number of fused-ring (bicyclic) bond motifs is 2. The summed E-state index contributed by atoms with van der Waals surface area (Å²) in [6, 6.07) is 11.7. The molecule has 1 heterocycles. The Kier molecular flexibility index (Phi) is 11.1. The second kappa shape index (κ2) is 15.3. The van der Waals surface area contributed by atoms with E-state index < -0.39 is 81.3 Å². The van der Waals surface area contributed by atoms with Crippen molar-refractivity contribution in [3.8, 4) is 0 Å². The topological polar surface area (TPSA) is 177 Å². The summed E-state index contributed by atoms with van der Waals surface area (Å²) in [5, 5.41) is 8.33. The molecule has 6 rings (SSSR count). The Morgan fingerprint density at radius 2 is 1.55 bits per heavy atom. The molecule has 5 amide bonds. The Morgan fingerprint density at radius 1 is 0.925 bits per heavy atom. The van der Waals surface area contributed by atoms with Crippen LogP contribution in [-0.4, -0.2) is 75.5 Å². The fraction of sp³-hybridized carbons (Fsp3) is 0.538. The molecule has 12 nitrogen and oxygen atoms in total. The number of esters is 1. The number of halogens is 2. The zero-order valence-electron chi connectivity index (χ0n) is 30.1. The van der Waals surface area contributed by atoms with E-state index in [0.29, 0.717) is 12.8 Å². The first kappa shape index (κ1) is 38.6. The number of rotatable bonds is 13. The third-order valence-electron chi connectivity index (χ3n) is 11.3. The molecule has 1 unspecified atom stereocenters. The van der Waals surface area contributed by atoms with Gasteiger partial charge in [0, 0.05) is 18.4 Å². The average molecular weight is 769 g/mol. The van der Waals surface area contributed by atoms with Crippen LogP contribution in [0.25, 0.3) is 0 Å². The van der Waals surface area contributed by atoms with Crippen molar-refractivity contribution in [2.45, 2.75) is 94.4 Å². The highest BCUT2D eigenvalue weighted by Gasteiger charge is 2.74. The van der Waals surface area contributed by atoms with E-state index in [0.717, 1.165) is 36.0 Å². The maximum Gasteiger partial charge on any atom is 0.329 e. The number of ether oxygens (including phenoxy) is 1. The summed E-state index contributed by atoms with van der Waals surface area (Å²) in [6.07, 6.45) is 3.94. The molecule has 4 aliphatic rings. The molecule has 1 aliphatic heterocycles. The molecule has 0 spiro atoms. The lowest BCUT2D eigenvalue weighted by molar-refractivity contribution is -0.150. The highest BCUT2D eigenvalue weighted by molar-refractivity contribution is 6.51. The standard InChI is InChI=1S/C39H47Cl2N5O7/c1-38(2,3)32(36(51)53-20-22-10-5-4-6-11-22)45-37(52)44-29(25-17-23-14-7-8-15-24(23)18-25)35(50)46-19-26-28(39(26,40)41)30(46)34(49)43-27(31(47)33(42)48)16-21-12-9-13-21/h4-8,10-11,14-15,21,25-30,32H,9,12-13,16-20H2,1-3H3,(H2,42,48)(H,43,49)(H2,44,45,52)/t26-,27?,28-,29-,30-,32+/m0/s1. The van der Waals surface area contributed by atoms with Crippen molar-refractivity contribution in [3.63, 3.8) is 0 Å². The highest BCUT2D eigenvalue weighted by Crippen LogP contribution is 2.65. The number of ketones is 1. The number of nitrogens with two attached hydrogens (primary N) is 1. The zero-order chi connectivity index (χ0) is 38.2. The van der Waals surface area contributed by atoms with Crippen LogP contribution in [0.5, 0.6) is 0 Å². The normalized spacial score (nSPS) is 23.3. The molecule has 0 aromatic heterocycles. The number of nitrogens with one attached hydrogen (secondary N) is 3. The summed E-state index contributed by atoms with van der Waals surface area (Å²) in [5.41, 5.74) is 7.46. The van der Waals surface area contributed by atoms with E-state index in [1.165, 1.54) is 4.90 Å². The van der Waals surface area contributed by atoms with Gasteiger partial charge < -0.3 is 31.3 Å². The fourth-order valence-electron chi connectivity index (χ4n) is 8.00. The second-order valence-corrected chi connectivity index (χ2v) is 17.4. The monoisotopic (exact) mass is 767 g/mol. The first-order valence-corrected chi connectivity index (χ1v) is 19.0. The minimum atomic E-state index is -1.28. The van der Waals surface area contributed by atoms with E-state index >= 15 is 0 Å². The van der Waals surface area contributed by atoms with Crippen molar-refractivity contribution >= 4 is 58.7 Å². The molecule has 6 atom stereocenters. The molecular formula is C39H47Cl2N5O7. The van der Waals surface area contributed by atoms with E-state index in [1.807, 2.05) is 54.6 Å². The van der Waals surface area contributed by atoms with Gasteiger partial charge in [0.2, 0.25) is 17.6 Å². The van der Waals surface area contributed by atoms with Gasteiger partial charge in [-0.1, -0.05) is 94.6 Å². The van der Waals surface area contributed by atoms with Crippen LogP contribution in [0.4, 0.5) is 4.79 Å². The SMILES string of the molecule is CC(C)(C)[C@H](NC(=O)N[C@H](C(=O)N1C[C@H]2[C@@H]([C@H]1C(=O)NC(CC1CCC1)C(=O)C(N)=O)C2(Cl)Cl)C1Cc2ccccc2C1)C(=O)OCc1ccccc1. The Balaban J connectivity index is 1.23. The third kappa shape index (κ3) is 8.33. The van der Waals surface area contributed by atoms with Crippen LogP contribution < -0.4 is 21.7 Å². The van der Waals surface area contributed by atoms with Crippen LogP contribution in [0.2, 0.25) is 0 Å². The number of nitrogens with zero attached hydrogens (tertiary/aromatic N) is 1. The lowest BCUT2D eigenvalue weighted by Crippen LogP contribution is -2.62. The number of amides is 5. The number of carbonyl (C=O) groups excluding carboxylic acids is 6. The number of carbonyl (C=O) groups is 6. The Hall–Kier alpha value is -4.16. The maximum atomic E-state index is 14.7. The van der Waals surface area contributed by atoms with Crippen molar-refractivity contribution in [1.29, 1.82) is 0 Å². The van der Waals surface area contributed by atoms with Gasteiger partial charge in [0.05, 0.1) is 6.04 Å². The second-order valence-electron chi connectivity index (χ2n) is 16.0. The number of Topliss-reactive ketones (excluding diaryl/α,β-unsaturated/α-hetero) is 1. The zero-order valence-corrected chi connectivity index (χ0v) is 31.6. The number of alkyl halides is 2. The summed E-state index contributed by atoms with van der Waals surface area (Å²) >= 11 is 13.2. The molecular weight excluding hydrogens is 721 g/mol. The Bertz CT molecular complexity index is 1740. The first-order chi connectivity index (χ1) is 25.1. The molecule has 2 aromatic rings. The number of hydrogen-bond acceptors (Lipinski definition) is 7. The van der Waals surface area contributed by atoms with Crippen molar-refractivity contribution in [1.82, 2.24) is 20.9 Å². The molecule has 2 aromatic carbocycles. The average Bonchev–Trinajstić information content (AvgIpc) is 3.45. The van der Waals surface area contributed by atoms with Gasteiger partial charge in [0.25, 0.3) is 5.91 Å².